The lowest BCUT2D eigenvalue weighted by Crippen LogP contribution is -2.26. The third kappa shape index (κ3) is 2.86. The standard InChI is InChI=1S/C43H26/c1-2-12-30-27(11-1)26-38(33-14-4-3-13-32(30)33)29-21-23-31-28(25-29)22-24-37-36-17-7-10-20-41(36)43(42(31)37)39-18-8-5-15-34(39)35-16-6-9-19-40(35)43/h1-26H. The van der Waals surface area contributed by atoms with E-state index in [0.29, 0.717) is 0 Å². The van der Waals surface area contributed by atoms with Crippen LogP contribution in [0.15, 0.2) is 158 Å². The lowest BCUT2D eigenvalue weighted by atomic mass is 9.69. The monoisotopic (exact) mass is 542 g/mol. The smallest absolute Gasteiger partial charge is 0.0619 e. The van der Waals surface area contributed by atoms with E-state index in [1.807, 2.05) is 0 Å². The van der Waals surface area contributed by atoms with Crippen molar-refractivity contribution < 1.29 is 0 Å². The first-order chi connectivity index (χ1) is 21.3. The van der Waals surface area contributed by atoms with Crippen molar-refractivity contribution in [3.8, 4) is 33.4 Å². The average molecular weight is 543 g/mol. The summed E-state index contributed by atoms with van der Waals surface area (Å²) in [5.74, 6) is 0. The normalized spacial score (nSPS) is 13.8. The van der Waals surface area contributed by atoms with E-state index >= 15 is 0 Å². The Labute approximate surface area is 250 Å². The van der Waals surface area contributed by atoms with E-state index in [9.17, 15) is 0 Å². The third-order valence-electron chi connectivity index (χ3n) is 10.0. The van der Waals surface area contributed by atoms with Gasteiger partial charge in [-0.25, -0.2) is 0 Å². The lowest BCUT2D eigenvalue weighted by molar-refractivity contribution is 0.801. The molecule has 0 heteroatoms. The number of benzene rings is 8. The molecule has 0 bridgehead atoms. The number of hydrogen-bond donors (Lipinski definition) is 0. The maximum Gasteiger partial charge on any atom is 0.0731 e. The molecule has 8 aromatic rings. The van der Waals surface area contributed by atoms with Crippen molar-refractivity contribution in [1.29, 1.82) is 0 Å². The van der Waals surface area contributed by atoms with Crippen LogP contribution in [0, 0.1) is 0 Å². The molecule has 0 saturated heterocycles. The first-order valence-electron chi connectivity index (χ1n) is 15.1. The molecule has 0 N–H and O–H groups in total. The Morgan fingerprint density at radius 2 is 0.837 bits per heavy atom. The summed E-state index contributed by atoms with van der Waals surface area (Å²) in [6.45, 7) is 0. The molecule has 0 aromatic heterocycles. The molecule has 0 radical (unpaired) electrons. The molecule has 0 nitrogen and oxygen atoms in total. The van der Waals surface area contributed by atoms with E-state index in [4.69, 9.17) is 0 Å². The second kappa shape index (κ2) is 8.31. The van der Waals surface area contributed by atoms with E-state index < -0.39 is 0 Å². The number of rotatable bonds is 1. The molecule has 2 aliphatic carbocycles. The topological polar surface area (TPSA) is 0 Å². The zero-order valence-electron chi connectivity index (χ0n) is 23.5. The van der Waals surface area contributed by atoms with Crippen molar-refractivity contribution in [2.45, 2.75) is 5.41 Å². The summed E-state index contributed by atoms with van der Waals surface area (Å²) in [4.78, 5) is 0. The number of hydrogen-bond acceptors (Lipinski definition) is 0. The van der Waals surface area contributed by atoms with Crippen LogP contribution in [-0.4, -0.2) is 0 Å². The van der Waals surface area contributed by atoms with Gasteiger partial charge >= 0.3 is 0 Å². The highest BCUT2D eigenvalue weighted by Gasteiger charge is 2.52. The van der Waals surface area contributed by atoms with Gasteiger partial charge in [0.2, 0.25) is 0 Å². The summed E-state index contributed by atoms with van der Waals surface area (Å²) < 4.78 is 0. The van der Waals surface area contributed by atoms with Gasteiger partial charge in [-0.2, -0.15) is 0 Å². The van der Waals surface area contributed by atoms with Crippen molar-refractivity contribution >= 4 is 32.3 Å². The summed E-state index contributed by atoms with van der Waals surface area (Å²) in [5.41, 5.74) is 13.2. The molecule has 0 saturated carbocycles. The molecule has 8 aromatic carbocycles. The Hall–Kier alpha value is -5.46. The Bertz CT molecular complexity index is 2400. The van der Waals surface area contributed by atoms with Gasteiger partial charge in [0.05, 0.1) is 5.41 Å². The van der Waals surface area contributed by atoms with Crippen LogP contribution in [0.1, 0.15) is 22.3 Å². The van der Waals surface area contributed by atoms with Crippen LogP contribution in [0.5, 0.6) is 0 Å². The molecule has 10 rings (SSSR count). The van der Waals surface area contributed by atoms with Crippen molar-refractivity contribution in [2.75, 3.05) is 0 Å². The fourth-order valence-electron chi connectivity index (χ4n) is 8.39. The van der Waals surface area contributed by atoms with Crippen LogP contribution in [0.25, 0.3) is 65.7 Å². The fraction of sp³-hybridized carbons (Fsp3) is 0.0233. The Morgan fingerprint density at radius 1 is 0.302 bits per heavy atom. The Morgan fingerprint density at radius 3 is 1.53 bits per heavy atom. The summed E-state index contributed by atoms with van der Waals surface area (Å²) in [6, 6.07) is 59.0. The second-order valence-electron chi connectivity index (χ2n) is 12.0. The Kier molecular flexibility index (Phi) is 4.47. The van der Waals surface area contributed by atoms with Gasteiger partial charge in [-0.15, -0.1) is 0 Å². The van der Waals surface area contributed by atoms with E-state index in [2.05, 4.69) is 158 Å². The van der Waals surface area contributed by atoms with E-state index in [1.54, 1.807) is 0 Å². The fourth-order valence-corrected chi connectivity index (χ4v) is 8.39. The minimum atomic E-state index is -0.338. The Balaban J connectivity index is 1.30. The maximum atomic E-state index is 2.41. The van der Waals surface area contributed by atoms with Crippen LogP contribution < -0.4 is 0 Å². The first-order valence-corrected chi connectivity index (χ1v) is 15.1. The van der Waals surface area contributed by atoms with Gasteiger partial charge in [-0.1, -0.05) is 146 Å². The van der Waals surface area contributed by atoms with Crippen molar-refractivity contribution in [3.05, 3.63) is 180 Å². The molecule has 0 atom stereocenters. The van der Waals surface area contributed by atoms with Gasteiger partial charge in [0.1, 0.15) is 0 Å². The van der Waals surface area contributed by atoms with E-state index in [-0.39, 0.29) is 5.41 Å². The minimum absolute atomic E-state index is 0.338. The molecule has 1 spiro atoms. The first kappa shape index (κ1) is 23.1. The third-order valence-corrected chi connectivity index (χ3v) is 10.0. The second-order valence-corrected chi connectivity index (χ2v) is 12.0. The SMILES string of the molecule is c1ccc2c(c1)-c1ccccc1C21c2ccccc2-c2ccc3cc(-c4cc5ccccc5c5ccccc45)ccc3c21. The van der Waals surface area contributed by atoms with Crippen LogP contribution in [-0.2, 0) is 5.41 Å². The van der Waals surface area contributed by atoms with Crippen LogP contribution >= 0.6 is 0 Å². The molecular formula is C43H26. The van der Waals surface area contributed by atoms with Gasteiger partial charge < -0.3 is 0 Å². The zero-order valence-corrected chi connectivity index (χ0v) is 23.5. The van der Waals surface area contributed by atoms with Crippen LogP contribution in [0.2, 0.25) is 0 Å². The summed E-state index contributed by atoms with van der Waals surface area (Å²) in [6.07, 6.45) is 0. The van der Waals surface area contributed by atoms with Crippen molar-refractivity contribution in [3.63, 3.8) is 0 Å². The molecule has 0 amide bonds. The molecule has 0 aliphatic heterocycles. The number of fused-ring (bicyclic) bond motifs is 15. The molecule has 2 aliphatic rings. The predicted octanol–water partition coefficient (Wildman–Crippen LogP) is 11.2. The van der Waals surface area contributed by atoms with E-state index in [0.717, 1.165) is 0 Å². The molecular weight excluding hydrogens is 516 g/mol. The molecule has 0 heterocycles. The molecule has 43 heavy (non-hydrogen) atoms. The quantitative estimate of drug-likeness (QED) is 0.181. The van der Waals surface area contributed by atoms with Crippen molar-refractivity contribution in [1.82, 2.24) is 0 Å². The molecule has 0 unspecified atom stereocenters. The predicted molar refractivity (Wildman–Crippen MR) is 181 cm³/mol. The summed E-state index contributed by atoms with van der Waals surface area (Å²) in [7, 11) is 0. The highest BCUT2D eigenvalue weighted by molar-refractivity contribution is 6.14. The van der Waals surface area contributed by atoms with Crippen molar-refractivity contribution in [2.24, 2.45) is 0 Å². The zero-order chi connectivity index (χ0) is 28.1. The van der Waals surface area contributed by atoms with Gasteiger partial charge in [0.25, 0.3) is 0 Å². The van der Waals surface area contributed by atoms with Gasteiger partial charge in [0.15, 0.2) is 0 Å². The molecule has 198 valence electrons. The van der Waals surface area contributed by atoms with Gasteiger partial charge in [-0.3, -0.25) is 0 Å². The summed E-state index contributed by atoms with van der Waals surface area (Å²) in [5, 5.41) is 7.79. The average Bonchev–Trinajstić information content (AvgIpc) is 3.55. The van der Waals surface area contributed by atoms with Gasteiger partial charge in [-0.05, 0) is 100 Å². The minimum Gasteiger partial charge on any atom is -0.0619 e. The van der Waals surface area contributed by atoms with E-state index in [1.165, 1.54) is 88.0 Å². The molecule has 0 fully saturated rings. The van der Waals surface area contributed by atoms with Crippen LogP contribution in [0.4, 0.5) is 0 Å². The van der Waals surface area contributed by atoms with Crippen LogP contribution in [0.3, 0.4) is 0 Å². The largest absolute Gasteiger partial charge is 0.0731 e. The lowest BCUT2D eigenvalue weighted by Gasteiger charge is -2.31. The maximum absolute atomic E-state index is 2.41. The highest BCUT2D eigenvalue weighted by Crippen LogP contribution is 2.64. The highest BCUT2D eigenvalue weighted by atomic mass is 14.5. The summed E-state index contributed by atoms with van der Waals surface area (Å²) >= 11 is 0. The van der Waals surface area contributed by atoms with Gasteiger partial charge in [0, 0.05) is 0 Å².